The van der Waals surface area contributed by atoms with Crippen molar-refractivity contribution in [1.82, 2.24) is 0 Å². The molecule has 0 amide bonds. The molecule has 0 saturated carbocycles. The van der Waals surface area contributed by atoms with Gasteiger partial charge >= 0.3 is 0 Å². The largest absolute Gasteiger partial charge is 0.415 e. The van der Waals surface area contributed by atoms with E-state index in [0.717, 1.165) is 0 Å². The smallest absolute Gasteiger partial charge is 0.184 e. The minimum Gasteiger partial charge on any atom is -0.415 e. The van der Waals surface area contributed by atoms with Gasteiger partial charge in [0.05, 0.1) is 6.61 Å². The summed E-state index contributed by atoms with van der Waals surface area (Å²) in [5.41, 5.74) is 0. The van der Waals surface area contributed by atoms with Gasteiger partial charge in [0.2, 0.25) is 0 Å². The lowest BCUT2D eigenvalue weighted by Gasteiger charge is -2.46. The SMILES string of the molecule is COC1C(O)OC(CO[Si](C)(C)C)C(OC)C1O[Si](C)(C)C. The number of rotatable bonds is 7. The standard InChI is InChI=1S/C14H32O6Si2/c1-16-11-10(9-18-21(3,4)5)19-14(15)13(17-2)12(11)20-22(6,7)8/h10-15H,9H2,1-8H3. The third-order valence-corrected chi connectivity index (χ3v) is 5.34. The highest BCUT2D eigenvalue weighted by atomic mass is 28.4. The van der Waals surface area contributed by atoms with E-state index < -0.39 is 29.0 Å². The second kappa shape index (κ2) is 7.84. The van der Waals surface area contributed by atoms with E-state index in [2.05, 4.69) is 39.3 Å². The van der Waals surface area contributed by atoms with Crippen molar-refractivity contribution in [1.29, 1.82) is 0 Å². The number of hydrogen-bond acceptors (Lipinski definition) is 6. The summed E-state index contributed by atoms with van der Waals surface area (Å²) in [6, 6.07) is 0. The molecule has 132 valence electrons. The molecular formula is C14H32O6Si2. The number of ether oxygens (including phenoxy) is 3. The van der Waals surface area contributed by atoms with Crippen LogP contribution in [0.25, 0.3) is 0 Å². The fourth-order valence-corrected chi connectivity index (χ4v) is 4.19. The maximum Gasteiger partial charge on any atom is 0.184 e. The van der Waals surface area contributed by atoms with Crippen LogP contribution in [0, 0.1) is 0 Å². The number of methoxy groups -OCH3 is 2. The van der Waals surface area contributed by atoms with E-state index in [1.807, 2.05) is 0 Å². The van der Waals surface area contributed by atoms with Gasteiger partial charge in [0, 0.05) is 14.2 Å². The van der Waals surface area contributed by atoms with E-state index in [4.69, 9.17) is 23.1 Å². The monoisotopic (exact) mass is 352 g/mol. The number of aliphatic hydroxyl groups excluding tert-OH is 1. The van der Waals surface area contributed by atoms with Crippen molar-refractivity contribution in [3.8, 4) is 0 Å². The molecule has 1 saturated heterocycles. The molecular weight excluding hydrogens is 320 g/mol. The second-order valence-electron chi connectivity index (χ2n) is 7.58. The molecule has 5 unspecified atom stereocenters. The first kappa shape index (κ1) is 20.2. The predicted molar refractivity (Wildman–Crippen MR) is 90.0 cm³/mol. The molecule has 0 bridgehead atoms. The maximum absolute atomic E-state index is 10.2. The summed E-state index contributed by atoms with van der Waals surface area (Å²) in [4.78, 5) is 0. The first-order valence-electron chi connectivity index (χ1n) is 7.69. The summed E-state index contributed by atoms with van der Waals surface area (Å²) >= 11 is 0. The highest BCUT2D eigenvalue weighted by Gasteiger charge is 2.48. The zero-order valence-corrected chi connectivity index (χ0v) is 17.1. The van der Waals surface area contributed by atoms with Crippen LogP contribution in [0.4, 0.5) is 0 Å². The summed E-state index contributed by atoms with van der Waals surface area (Å²) < 4.78 is 28.9. The van der Waals surface area contributed by atoms with E-state index in [9.17, 15) is 5.11 Å². The molecule has 5 atom stereocenters. The van der Waals surface area contributed by atoms with Crippen LogP contribution in [0.5, 0.6) is 0 Å². The van der Waals surface area contributed by atoms with Gasteiger partial charge in [-0.25, -0.2) is 0 Å². The van der Waals surface area contributed by atoms with Gasteiger partial charge in [-0.15, -0.1) is 0 Å². The van der Waals surface area contributed by atoms with E-state index in [1.165, 1.54) is 0 Å². The van der Waals surface area contributed by atoms with Crippen LogP contribution < -0.4 is 0 Å². The summed E-state index contributed by atoms with van der Waals surface area (Å²) in [7, 11) is -0.348. The van der Waals surface area contributed by atoms with Gasteiger partial charge in [-0.1, -0.05) is 0 Å². The topological polar surface area (TPSA) is 66.4 Å². The Bertz CT molecular complexity index is 341. The summed E-state index contributed by atoms with van der Waals surface area (Å²) in [5.74, 6) is 0. The normalized spacial score (nSPS) is 34.0. The van der Waals surface area contributed by atoms with Gasteiger partial charge in [0.15, 0.2) is 22.9 Å². The molecule has 0 spiro atoms. The predicted octanol–water partition coefficient (Wildman–Crippen LogP) is 1.81. The minimum absolute atomic E-state index is 0.337. The van der Waals surface area contributed by atoms with E-state index in [1.54, 1.807) is 14.2 Å². The Hall–Kier alpha value is 0.194. The lowest BCUT2D eigenvalue weighted by atomic mass is 9.99. The van der Waals surface area contributed by atoms with Crippen LogP contribution in [0.3, 0.4) is 0 Å². The van der Waals surface area contributed by atoms with E-state index >= 15 is 0 Å². The molecule has 1 aliphatic heterocycles. The molecule has 0 radical (unpaired) electrons. The highest BCUT2D eigenvalue weighted by molar-refractivity contribution is 6.70. The molecule has 6 nitrogen and oxygen atoms in total. The maximum atomic E-state index is 10.2. The van der Waals surface area contributed by atoms with Gasteiger partial charge < -0.3 is 28.2 Å². The summed E-state index contributed by atoms with van der Waals surface area (Å²) in [6.45, 7) is 13.0. The van der Waals surface area contributed by atoms with E-state index in [0.29, 0.717) is 6.61 Å². The van der Waals surface area contributed by atoms with Crippen molar-refractivity contribution >= 4 is 16.6 Å². The molecule has 1 aliphatic rings. The summed E-state index contributed by atoms with van der Waals surface area (Å²) in [6.07, 6.45) is -2.70. The van der Waals surface area contributed by atoms with Crippen LogP contribution >= 0.6 is 0 Å². The lowest BCUT2D eigenvalue weighted by molar-refractivity contribution is -0.291. The molecule has 0 aromatic rings. The first-order chi connectivity index (χ1) is 9.98. The van der Waals surface area contributed by atoms with Crippen LogP contribution in [-0.2, 0) is 23.1 Å². The fraction of sp³-hybridized carbons (Fsp3) is 1.00. The van der Waals surface area contributed by atoms with Crippen LogP contribution in [-0.4, -0.2) is 73.3 Å². The molecule has 1 N–H and O–H groups in total. The van der Waals surface area contributed by atoms with Crippen LogP contribution in [0.1, 0.15) is 0 Å². The van der Waals surface area contributed by atoms with Gasteiger partial charge in [-0.3, -0.25) is 0 Å². The third kappa shape index (κ3) is 6.01. The van der Waals surface area contributed by atoms with Gasteiger partial charge in [0.25, 0.3) is 0 Å². The number of hydrogen-bond donors (Lipinski definition) is 1. The Kier molecular flexibility index (Phi) is 7.22. The number of aliphatic hydroxyl groups is 1. The minimum atomic E-state index is -1.84. The van der Waals surface area contributed by atoms with Crippen molar-refractivity contribution in [3.63, 3.8) is 0 Å². The average Bonchev–Trinajstić information content (AvgIpc) is 2.33. The fourth-order valence-electron chi connectivity index (χ4n) is 2.44. The molecule has 8 heteroatoms. The molecule has 1 heterocycles. The Balaban J connectivity index is 2.91. The molecule has 1 rings (SSSR count). The van der Waals surface area contributed by atoms with Crippen LogP contribution in [0.2, 0.25) is 39.3 Å². The van der Waals surface area contributed by atoms with Crippen molar-refractivity contribution in [2.45, 2.75) is 70.0 Å². The quantitative estimate of drug-likeness (QED) is 0.705. The van der Waals surface area contributed by atoms with Crippen molar-refractivity contribution in [3.05, 3.63) is 0 Å². The zero-order chi connectivity index (χ0) is 17.1. The average molecular weight is 353 g/mol. The van der Waals surface area contributed by atoms with Gasteiger partial charge in [0.1, 0.15) is 24.4 Å². The third-order valence-electron chi connectivity index (χ3n) is 3.32. The summed E-state index contributed by atoms with van der Waals surface area (Å²) in [5, 5.41) is 10.2. The molecule has 22 heavy (non-hydrogen) atoms. The molecule has 0 aromatic heterocycles. The Morgan fingerprint density at radius 2 is 1.41 bits per heavy atom. The first-order valence-corrected chi connectivity index (χ1v) is 14.5. The van der Waals surface area contributed by atoms with E-state index in [-0.39, 0.29) is 18.3 Å². The zero-order valence-electron chi connectivity index (χ0n) is 15.1. The molecule has 0 aliphatic carbocycles. The molecule has 1 fully saturated rings. The van der Waals surface area contributed by atoms with Gasteiger partial charge in [-0.05, 0) is 39.3 Å². The molecule has 0 aromatic carbocycles. The lowest BCUT2D eigenvalue weighted by Crippen LogP contribution is -2.63. The van der Waals surface area contributed by atoms with Crippen molar-refractivity contribution in [2.24, 2.45) is 0 Å². The van der Waals surface area contributed by atoms with Crippen molar-refractivity contribution < 1.29 is 28.2 Å². The second-order valence-corrected chi connectivity index (χ2v) is 16.6. The Morgan fingerprint density at radius 3 is 1.82 bits per heavy atom. The Labute approximate surface area is 136 Å². The highest BCUT2D eigenvalue weighted by Crippen LogP contribution is 2.29. The van der Waals surface area contributed by atoms with Gasteiger partial charge in [-0.2, -0.15) is 0 Å². The Morgan fingerprint density at radius 1 is 0.864 bits per heavy atom. The van der Waals surface area contributed by atoms with Crippen LogP contribution in [0.15, 0.2) is 0 Å². The van der Waals surface area contributed by atoms with Crippen molar-refractivity contribution in [2.75, 3.05) is 20.8 Å².